The van der Waals surface area contributed by atoms with E-state index in [1.807, 2.05) is 29.1 Å². The van der Waals surface area contributed by atoms with E-state index in [9.17, 15) is 5.11 Å². The maximum atomic E-state index is 9.52. The number of methoxy groups -OCH3 is 1. The topological polar surface area (TPSA) is 59.3 Å². The van der Waals surface area contributed by atoms with Crippen LogP contribution >= 0.6 is 0 Å². The van der Waals surface area contributed by atoms with Gasteiger partial charge in [-0.15, -0.1) is 0 Å². The van der Waals surface area contributed by atoms with E-state index in [-0.39, 0.29) is 5.75 Å². The molecule has 0 atom stereocenters. The van der Waals surface area contributed by atoms with Gasteiger partial charge < -0.3 is 15.2 Å². The number of hydrogen-bond donors (Lipinski definition) is 2. The fourth-order valence-corrected chi connectivity index (χ4v) is 1.83. The molecule has 2 N–H and O–H groups in total. The molecule has 5 heteroatoms. The second-order valence-electron chi connectivity index (χ2n) is 4.32. The molecule has 2 aromatic rings. The molecule has 2 rings (SSSR count). The molecule has 19 heavy (non-hydrogen) atoms. The second-order valence-corrected chi connectivity index (χ2v) is 4.32. The number of rotatable bonds is 6. The van der Waals surface area contributed by atoms with Crippen LogP contribution in [0.5, 0.6) is 11.5 Å². The third-order valence-electron chi connectivity index (χ3n) is 2.81. The fourth-order valence-electron chi connectivity index (χ4n) is 1.83. The quantitative estimate of drug-likeness (QED) is 0.839. The van der Waals surface area contributed by atoms with Gasteiger partial charge in [-0.1, -0.05) is 13.0 Å². The Kier molecular flexibility index (Phi) is 4.28. The first kappa shape index (κ1) is 13.3. The van der Waals surface area contributed by atoms with Crippen LogP contribution in [0, 0.1) is 0 Å². The van der Waals surface area contributed by atoms with Crippen LogP contribution in [0.4, 0.5) is 5.82 Å². The minimum Gasteiger partial charge on any atom is -0.504 e. The summed E-state index contributed by atoms with van der Waals surface area (Å²) >= 11 is 0. The molecule has 0 fully saturated rings. The van der Waals surface area contributed by atoms with Crippen molar-refractivity contribution < 1.29 is 9.84 Å². The highest BCUT2D eigenvalue weighted by Gasteiger charge is 2.03. The number of nitrogens with one attached hydrogen (secondary N) is 1. The van der Waals surface area contributed by atoms with Gasteiger partial charge >= 0.3 is 0 Å². The lowest BCUT2D eigenvalue weighted by Gasteiger charge is -2.07. The van der Waals surface area contributed by atoms with Gasteiger partial charge in [-0.05, 0) is 24.1 Å². The normalized spacial score (nSPS) is 10.4. The second kappa shape index (κ2) is 6.13. The Hall–Kier alpha value is -2.17. The van der Waals surface area contributed by atoms with Crippen molar-refractivity contribution in [1.82, 2.24) is 9.78 Å². The largest absolute Gasteiger partial charge is 0.504 e. The van der Waals surface area contributed by atoms with Gasteiger partial charge in [-0.3, -0.25) is 4.68 Å². The minimum absolute atomic E-state index is 0.151. The summed E-state index contributed by atoms with van der Waals surface area (Å²) in [5, 5.41) is 17.2. The van der Waals surface area contributed by atoms with Gasteiger partial charge in [0.05, 0.1) is 7.11 Å². The fraction of sp³-hybridized carbons (Fsp3) is 0.357. The molecule has 0 aliphatic heterocycles. The van der Waals surface area contributed by atoms with Crippen LogP contribution in [-0.4, -0.2) is 22.0 Å². The number of phenols is 1. The SMILES string of the molecule is CCCn1ccc(NCc2ccc(O)c(OC)c2)n1. The van der Waals surface area contributed by atoms with Crippen molar-refractivity contribution in [2.45, 2.75) is 26.4 Å². The number of aryl methyl sites for hydroxylation is 1. The lowest BCUT2D eigenvalue weighted by molar-refractivity contribution is 0.373. The van der Waals surface area contributed by atoms with Crippen molar-refractivity contribution in [3.05, 3.63) is 36.0 Å². The van der Waals surface area contributed by atoms with Crippen molar-refractivity contribution in [2.75, 3.05) is 12.4 Å². The van der Waals surface area contributed by atoms with E-state index in [0.29, 0.717) is 12.3 Å². The van der Waals surface area contributed by atoms with E-state index in [2.05, 4.69) is 17.3 Å². The van der Waals surface area contributed by atoms with Gasteiger partial charge in [0.25, 0.3) is 0 Å². The predicted molar refractivity (Wildman–Crippen MR) is 74.5 cm³/mol. The number of anilines is 1. The van der Waals surface area contributed by atoms with Crippen molar-refractivity contribution >= 4 is 5.82 Å². The third kappa shape index (κ3) is 3.40. The Morgan fingerprint density at radius 2 is 2.21 bits per heavy atom. The molecule has 1 aromatic carbocycles. The molecule has 0 saturated heterocycles. The molecule has 102 valence electrons. The maximum Gasteiger partial charge on any atom is 0.160 e. The molecule has 1 aromatic heterocycles. The van der Waals surface area contributed by atoms with E-state index in [0.717, 1.165) is 24.3 Å². The zero-order valence-corrected chi connectivity index (χ0v) is 11.3. The van der Waals surface area contributed by atoms with Gasteiger partial charge in [0.1, 0.15) is 5.82 Å². The number of benzene rings is 1. The van der Waals surface area contributed by atoms with Crippen LogP contribution in [0.3, 0.4) is 0 Å². The van der Waals surface area contributed by atoms with Gasteiger partial charge in [0, 0.05) is 25.4 Å². The van der Waals surface area contributed by atoms with Crippen molar-refractivity contribution in [3.63, 3.8) is 0 Å². The molecule has 0 aliphatic carbocycles. The Balaban J connectivity index is 1.97. The highest BCUT2D eigenvalue weighted by atomic mass is 16.5. The number of ether oxygens (including phenoxy) is 1. The van der Waals surface area contributed by atoms with Gasteiger partial charge in [-0.25, -0.2) is 0 Å². The summed E-state index contributed by atoms with van der Waals surface area (Å²) in [5.74, 6) is 1.48. The van der Waals surface area contributed by atoms with Crippen molar-refractivity contribution in [3.8, 4) is 11.5 Å². The summed E-state index contributed by atoms with van der Waals surface area (Å²) in [5.41, 5.74) is 1.03. The zero-order valence-electron chi connectivity index (χ0n) is 11.3. The number of aromatic hydroxyl groups is 1. The molecular weight excluding hydrogens is 242 g/mol. The van der Waals surface area contributed by atoms with Crippen LogP contribution < -0.4 is 10.1 Å². The highest BCUT2D eigenvalue weighted by molar-refractivity contribution is 5.43. The molecule has 0 amide bonds. The molecule has 1 heterocycles. The minimum atomic E-state index is 0.151. The molecule has 0 unspecified atom stereocenters. The molecule has 0 saturated carbocycles. The maximum absolute atomic E-state index is 9.52. The zero-order chi connectivity index (χ0) is 13.7. The average Bonchev–Trinajstić information content (AvgIpc) is 2.86. The smallest absolute Gasteiger partial charge is 0.160 e. The van der Waals surface area contributed by atoms with Crippen LogP contribution in [0.2, 0.25) is 0 Å². The first-order chi connectivity index (χ1) is 9.22. The van der Waals surface area contributed by atoms with Crippen molar-refractivity contribution in [2.24, 2.45) is 0 Å². The van der Waals surface area contributed by atoms with E-state index < -0.39 is 0 Å². The summed E-state index contributed by atoms with van der Waals surface area (Å²) in [6.45, 7) is 3.69. The molecule has 0 bridgehead atoms. The van der Waals surface area contributed by atoms with Crippen molar-refractivity contribution in [1.29, 1.82) is 0 Å². The summed E-state index contributed by atoms with van der Waals surface area (Å²) in [7, 11) is 1.54. The summed E-state index contributed by atoms with van der Waals surface area (Å²) in [4.78, 5) is 0. The Morgan fingerprint density at radius 3 is 2.95 bits per heavy atom. The number of phenolic OH excluding ortho intramolecular Hbond substituents is 1. The average molecular weight is 261 g/mol. The third-order valence-corrected chi connectivity index (χ3v) is 2.81. The number of nitrogens with zero attached hydrogens (tertiary/aromatic N) is 2. The van der Waals surface area contributed by atoms with Crippen LogP contribution in [0.1, 0.15) is 18.9 Å². The standard InChI is InChI=1S/C14H19N3O2/c1-3-7-17-8-6-14(16-17)15-10-11-4-5-12(18)13(9-11)19-2/h4-6,8-9,18H,3,7,10H2,1-2H3,(H,15,16). The van der Waals surface area contributed by atoms with Crippen LogP contribution in [0.15, 0.2) is 30.5 Å². The Morgan fingerprint density at radius 1 is 1.37 bits per heavy atom. The van der Waals surface area contributed by atoms with Gasteiger partial charge in [0.15, 0.2) is 11.5 Å². The molecule has 5 nitrogen and oxygen atoms in total. The molecule has 0 radical (unpaired) electrons. The molecular formula is C14H19N3O2. The van der Waals surface area contributed by atoms with E-state index in [4.69, 9.17) is 4.74 Å². The van der Waals surface area contributed by atoms with Crippen LogP contribution in [-0.2, 0) is 13.1 Å². The highest BCUT2D eigenvalue weighted by Crippen LogP contribution is 2.26. The summed E-state index contributed by atoms with van der Waals surface area (Å²) in [6, 6.07) is 7.25. The summed E-state index contributed by atoms with van der Waals surface area (Å²) in [6.07, 6.45) is 3.03. The first-order valence-corrected chi connectivity index (χ1v) is 6.36. The van der Waals surface area contributed by atoms with E-state index >= 15 is 0 Å². The monoisotopic (exact) mass is 261 g/mol. The van der Waals surface area contributed by atoms with Gasteiger partial charge in [-0.2, -0.15) is 5.10 Å². The van der Waals surface area contributed by atoms with E-state index in [1.54, 1.807) is 13.2 Å². The van der Waals surface area contributed by atoms with Crippen LogP contribution in [0.25, 0.3) is 0 Å². The molecule has 0 spiro atoms. The van der Waals surface area contributed by atoms with Gasteiger partial charge in [0.2, 0.25) is 0 Å². The first-order valence-electron chi connectivity index (χ1n) is 6.36. The molecule has 0 aliphatic rings. The lowest BCUT2D eigenvalue weighted by atomic mass is 10.2. The number of hydrogen-bond acceptors (Lipinski definition) is 4. The lowest BCUT2D eigenvalue weighted by Crippen LogP contribution is -2.02. The Bertz CT molecular complexity index is 537. The van der Waals surface area contributed by atoms with E-state index in [1.165, 1.54) is 0 Å². The number of aromatic nitrogens is 2. The Labute approximate surface area is 112 Å². The predicted octanol–water partition coefficient (Wildman–Crippen LogP) is 2.62. The summed E-state index contributed by atoms with van der Waals surface area (Å²) < 4.78 is 6.99.